The molecule has 0 unspecified atom stereocenters. The average Bonchev–Trinajstić information content (AvgIpc) is 2.96. The van der Waals surface area contributed by atoms with Crippen LogP contribution in [-0.4, -0.2) is 29.9 Å². The lowest BCUT2D eigenvalue weighted by Gasteiger charge is -2.13. The van der Waals surface area contributed by atoms with Crippen LogP contribution in [0.1, 0.15) is 16.8 Å². The van der Waals surface area contributed by atoms with E-state index < -0.39 is 0 Å². The highest BCUT2D eigenvalue weighted by atomic mass is 127. The van der Waals surface area contributed by atoms with E-state index in [0.717, 1.165) is 11.3 Å². The average molecular weight is 447 g/mol. The van der Waals surface area contributed by atoms with Crippen molar-refractivity contribution in [2.45, 2.75) is 19.7 Å². The number of nitrogens with one attached hydrogen (secondary N) is 2. The number of rotatable bonds is 6. The molecule has 0 saturated heterocycles. The topological polar surface area (TPSA) is 63.5 Å². The summed E-state index contributed by atoms with van der Waals surface area (Å²) in [7, 11) is 5.15. The Balaban J connectivity index is 0.00000288. The number of aliphatic imine (C=N–C) groups is 1. The summed E-state index contributed by atoms with van der Waals surface area (Å²) in [5.74, 6) is 0.415. The molecule has 2 N–H and O–H groups in total. The summed E-state index contributed by atoms with van der Waals surface area (Å²) in [6.07, 6.45) is 1.75. The van der Waals surface area contributed by atoms with E-state index in [1.54, 1.807) is 37.2 Å². The van der Waals surface area contributed by atoms with Gasteiger partial charge in [0.15, 0.2) is 5.96 Å². The third kappa shape index (κ3) is 5.75. The van der Waals surface area contributed by atoms with E-state index in [9.17, 15) is 4.39 Å². The number of hydrogen-bond donors (Lipinski definition) is 2. The molecule has 0 atom stereocenters. The molecule has 24 heavy (non-hydrogen) atoms. The van der Waals surface area contributed by atoms with Crippen LogP contribution in [0.5, 0.6) is 0 Å². The summed E-state index contributed by atoms with van der Waals surface area (Å²) < 4.78 is 20.4. The molecule has 0 bridgehead atoms. The van der Waals surface area contributed by atoms with Crippen LogP contribution in [0.4, 0.5) is 4.39 Å². The number of halogens is 2. The minimum absolute atomic E-state index is 0. The summed E-state index contributed by atoms with van der Waals surface area (Å²) in [5, 5.41) is 10.5. The van der Waals surface area contributed by atoms with Gasteiger partial charge in [-0.05, 0) is 23.8 Å². The van der Waals surface area contributed by atoms with Gasteiger partial charge >= 0.3 is 0 Å². The van der Waals surface area contributed by atoms with Crippen molar-refractivity contribution in [2.24, 2.45) is 12.0 Å². The molecule has 1 aromatic heterocycles. The van der Waals surface area contributed by atoms with Crippen LogP contribution in [0, 0.1) is 5.82 Å². The SMILES string of the molecule is CN=C(NCc1ccc(F)c(COC)c1)NCc1ccnn1C.I. The van der Waals surface area contributed by atoms with Crippen molar-refractivity contribution in [1.29, 1.82) is 0 Å². The fourth-order valence-corrected chi connectivity index (χ4v) is 2.16. The van der Waals surface area contributed by atoms with Gasteiger partial charge in [-0.3, -0.25) is 9.67 Å². The van der Waals surface area contributed by atoms with E-state index in [4.69, 9.17) is 4.74 Å². The van der Waals surface area contributed by atoms with Crippen LogP contribution in [0.3, 0.4) is 0 Å². The van der Waals surface area contributed by atoms with Crippen LogP contribution in [0.2, 0.25) is 0 Å². The molecule has 0 aliphatic heterocycles. The van der Waals surface area contributed by atoms with Gasteiger partial charge in [-0.1, -0.05) is 6.07 Å². The number of aromatic nitrogens is 2. The predicted molar refractivity (Wildman–Crippen MR) is 103 cm³/mol. The van der Waals surface area contributed by atoms with E-state index in [1.165, 1.54) is 6.07 Å². The van der Waals surface area contributed by atoms with E-state index >= 15 is 0 Å². The molecule has 0 aliphatic carbocycles. The number of ether oxygens (including phenoxy) is 1. The van der Waals surface area contributed by atoms with E-state index in [-0.39, 0.29) is 36.4 Å². The Bertz CT molecular complexity index is 674. The summed E-state index contributed by atoms with van der Waals surface area (Å²) >= 11 is 0. The third-order valence-electron chi connectivity index (χ3n) is 3.45. The van der Waals surface area contributed by atoms with Gasteiger partial charge in [-0.15, -0.1) is 24.0 Å². The number of hydrogen-bond acceptors (Lipinski definition) is 3. The Labute approximate surface area is 158 Å². The Morgan fingerprint density at radius 1 is 1.29 bits per heavy atom. The summed E-state index contributed by atoms with van der Waals surface area (Å²) in [6, 6.07) is 6.94. The molecular formula is C16H23FIN5O. The molecule has 1 aromatic carbocycles. The normalized spacial score (nSPS) is 11.1. The Kier molecular flexibility index (Phi) is 8.69. The van der Waals surface area contributed by atoms with Crippen molar-refractivity contribution in [1.82, 2.24) is 20.4 Å². The van der Waals surface area contributed by atoms with E-state index in [1.807, 2.05) is 13.1 Å². The van der Waals surface area contributed by atoms with Crippen molar-refractivity contribution in [3.8, 4) is 0 Å². The maximum absolute atomic E-state index is 13.6. The Morgan fingerprint density at radius 2 is 2.04 bits per heavy atom. The highest BCUT2D eigenvalue weighted by Gasteiger charge is 2.05. The van der Waals surface area contributed by atoms with Crippen molar-refractivity contribution >= 4 is 29.9 Å². The molecule has 132 valence electrons. The van der Waals surface area contributed by atoms with Gasteiger partial charge in [-0.25, -0.2) is 4.39 Å². The van der Waals surface area contributed by atoms with E-state index in [2.05, 4.69) is 20.7 Å². The largest absolute Gasteiger partial charge is 0.380 e. The standard InChI is InChI=1S/C16H22FN5O.HI/c1-18-16(20-10-14-6-7-21-22(14)2)19-9-12-4-5-15(17)13(8-12)11-23-3;/h4-8H,9-11H2,1-3H3,(H2,18,19,20);1H. The number of guanidine groups is 1. The molecule has 2 rings (SSSR count). The Hall–Kier alpha value is -1.68. The summed E-state index contributed by atoms with van der Waals surface area (Å²) in [6.45, 7) is 1.42. The first-order valence-electron chi connectivity index (χ1n) is 7.31. The van der Waals surface area contributed by atoms with Gasteiger partial charge in [-0.2, -0.15) is 5.10 Å². The third-order valence-corrected chi connectivity index (χ3v) is 3.45. The van der Waals surface area contributed by atoms with Crippen LogP contribution in [0.25, 0.3) is 0 Å². The predicted octanol–water partition coefficient (Wildman–Crippen LogP) is 2.19. The second-order valence-electron chi connectivity index (χ2n) is 5.08. The first-order chi connectivity index (χ1) is 11.1. The van der Waals surface area contributed by atoms with E-state index in [0.29, 0.717) is 24.6 Å². The van der Waals surface area contributed by atoms with Crippen LogP contribution in [0.15, 0.2) is 35.5 Å². The number of benzene rings is 1. The first kappa shape index (κ1) is 20.4. The zero-order chi connectivity index (χ0) is 16.7. The van der Waals surface area contributed by atoms with Crippen molar-refractivity contribution in [2.75, 3.05) is 14.2 Å². The quantitative estimate of drug-likeness (QED) is 0.405. The molecule has 0 aliphatic rings. The molecule has 0 radical (unpaired) electrons. The van der Waals surface area contributed by atoms with Crippen LogP contribution in [-0.2, 0) is 31.5 Å². The fourth-order valence-electron chi connectivity index (χ4n) is 2.16. The number of nitrogens with zero attached hydrogens (tertiary/aromatic N) is 3. The molecule has 0 spiro atoms. The zero-order valence-corrected chi connectivity index (χ0v) is 16.4. The molecule has 0 amide bonds. The van der Waals surface area contributed by atoms with Crippen molar-refractivity contribution in [3.63, 3.8) is 0 Å². The minimum Gasteiger partial charge on any atom is -0.380 e. The van der Waals surface area contributed by atoms with Crippen LogP contribution >= 0.6 is 24.0 Å². The van der Waals surface area contributed by atoms with Gasteiger partial charge in [0.1, 0.15) is 5.82 Å². The molecule has 1 heterocycles. The maximum Gasteiger partial charge on any atom is 0.191 e. The lowest BCUT2D eigenvalue weighted by molar-refractivity contribution is 0.181. The second kappa shape index (κ2) is 10.2. The van der Waals surface area contributed by atoms with Gasteiger partial charge < -0.3 is 15.4 Å². The number of methoxy groups -OCH3 is 1. The molecular weight excluding hydrogens is 424 g/mol. The van der Waals surface area contributed by atoms with Gasteiger partial charge in [0, 0.05) is 39.5 Å². The minimum atomic E-state index is -0.255. The van der Waals surface area contributed by atoms with Crippen LogP contribution < -0.4 is 10.6 Å². The van der Waals surface area contributed by atoms with Gasteiger partial charge in [0.2, 0.25) is 0 Å². The monoisotopic (exact) mass is 447 g/mol. The van der Waals surface area contributed by atoms with Crippen molar-refractivity contribution in [3.05, 3.63) is 53.1 Å². The maximum atomic E-state index is 13.6. The Morgan fingerprint density at radius 3 is 2.67 bits per heavy atom. The fraction of sp³-hybridized carbons (Fsp3) is 0.375. The number of aryl methyl sites for hydroxylation is 1. The molecule has 6 nitrogen and oxygen atoms in total. The van der Waals surface area contributed by atoms with Gasteiger partial charge in [0.05, 0.1) is 18.8 Å². The van der Waals surface area contributed by atoms with Gasteiger partial charge in [0.25, 0.3) is 0 Å². The smallest absolute Gasteiger partial charge is 0.191 e. The summed E-state index contributed by atoms with van der Waals surface area (Å²) in [4.78, 5) is 4.17. The van der Waals surface area contributed by atoms with Crippen molar-refractivity contribution < 1.29 is 9.13 Å². The highest BCUT2D eigenvalue weighted by Crippen LogP contribution is 2.11. The molecule has 0 fully saturated rings. The molecule has 0 saturated carbocycles. The highest BCUT2D eigenvalue weighted by molar-refractivity contribution is 14.0. The molecule has 2 aromatic rings. The first-order valence-corrected chi connectivity index (χ1v) is 7.31. The second-order valence-corrected chi connectivity index (χ2v) is 5.08. The molecule has 8 heteroatoms. The lowest BCUT2D eigenvalue weighted by atomic mass is 10.1. The lowest BCUT2D eigenvalue weighted by Crippen LogP contribution is -2.36. The zero-order valence-electron chi connectivity index (χ0n) is 14.0. The summed E-state index contributed by atoms with van der Waals surface area (Å²) in [5.41, 5.74) is 2.56.